The molecule has 0 fully saturated rings. The second kappa shape index (κ2) is 29.2. The molecule has 0 aromatic carbocycles. The van der Waals surface area contributed by atoms with E-state index >= 15 is 0 Å². The highest BCUT2D eigenvalue weighted by molar-refractivity contribution is 5.97. The molecule has 53 heavy (non-hydrogen) atoms. The third-order valence-corrected chi connectivity index (χ3v) is 8.51. The summed E-state index contributed by atoms with van der Waals surface area (Å²) in [6.07, 6.45) is 14.0. The lowest BCUT2D eigenvalue weighted by molar-refractivity contribution is -0.136. The Hall–Kier alpha value is -4.28. The summed E-state index contributed by atoms with van der Waals surface area (Å²) in [7, 11) is 0. The Labute approximate surface area is 314 Å². The molecule has 6 amide bonds. The Bertz CT molecular complexity index is 1180. The van der Waals surface area contributed by atoms with E-state index in [1.54, 1.807) is 0 Å². The van der Waals surface area contributed by atoms with Crippen molar-refractivity contribution in [1.82, 2.24) is 26.6 Å². The SMILES string of the molecule is CCCCCCCCCCCCCCCC(=O)N[C@H](C(=O)N[C@H](CC(C)=O)C(=O)N[C@@H](C)C(=O)NCC(=O)N[C@@H](CCCN=C(N)N)C(N)=O)[C@@H](C)O. The topological polar surface area (TPSA) is 290 Å². The first-order valence-electron chi connectivity index (χ1n) is 19.1. The van der Waals surface area contributed by atoms with E-state index in [4.69, 9.17) is 17.2 Å². The Morgan fingerprint density at radius 2 is 1.19 bits per heavy atom. The van der Waals surface area contributed by atoms with Gasteiger partial charge in [-0.25, -0.2) is 0 Å². The molecule has 0 bridgehead atoms. The number of hydrogen-bond donors (Lipinski definition) is 9. The molecule has 0 aromatic rings. The largest absolute Gasteiger partial charge is 0.391 e. The second-order valence-electron chi connectivity index (χ2n) is 13.7. The lowest BCUT2D eigenvalue weighted by atomic mass is 10.0. The zero-order valence-electron chi connectivity index (χ0n) is 32.3. The molecule has 17 heteroatoms. The Kier molecular flexibility index (Phi) is 26.8. The predicted octanol–water partition coefficient (Wildman–Crippen LogP) is 0.442. The summed E-state index contributed by atoms with van der Waals surface area (Å²) in [5.41, 5.74) is 15.9. The van der Waals surface area contributed by atoms with Gasteiger partial charge in [-0.2, -0.15) is 0 Å². The Balaban J connectivity index is 4.82. The molecular weight excluding hydrogens is 686 g/mol. The zero-order chi connectivity index (χ0) is 40.2. The summed E-state index contributed by atoms with van der Waals surface area (Å²) in [5, 5.41) is 22.3. The highest BCUT2D eigenvalue weighted by atomic mass is 16.3. The number of Topliss-reactive ketones (excluding diaryl/α,β-unsaturated/α-hetero) is 1. The summed E-state index contributed by atoms with van der Waals surface area (Å²) in [6, 6.07) is -5.05. The van der Waals surface area contributed by atoms with Crippen molar-refractivity contribution in [2.24, 2.45) is 22.2 Å². The van der Waals surface area contributed by atoms with Crippen molar-refractivity contribution < 1.29 is 38.7 Å². The molecule has 0 aromatic heterocycles. The molecule has 12 N–H and O–H groups in total. The number of carbonyl (C=O) groups is 7. The van der Waals surface area contributed by atoms with Crippen LogP contribution in [0, 0.1) is 0 Å². The van der Waals surface area contributed by atoms with Crippen LogP contribution in [0.4, 0.5) is 0 Å². The lowest BCUT2D eigenvalue weighted by Crippen LogP contribution is -2.59. The number of nitrogens with two attached hydrogens (primary N) is 3. The summed E-state index contributed by atoms with van der Waals surface area (Å²) in [6.45, 7) is 5.75. The number of aliphatic imine (C=N–C) groups is 1. The minimum atomic E-state index is -1.42. The number of amides is 6. The maximum atomic E-state index is 13.1. The molecule has 0 saturated carbocycles. The fourth-order valence-electron chi connectivity index (χ4n) is 5.45. The van der Waals surface area contributed by atoms with Gasteiger partial charge in [0.2, 0.25) is 35.4 Å². The van der Waals surface area contributed by atoms with Gasteiger partial charge in [-0.1, -0.05) is 84.0 Å². The quantitative estimate of drug-likeness (QED) is 0.0267. The predicted molar refractivity (Wildman–Crippen MR) is 203 cm³/mol. The van der Waals surface area contributed by atoms with Crippen LogP contribution in [0.2, 0.25) is 0 Å². The van der Waals surface area contributed by atoms with Crippen LogP contribution in [0.15, 0.2) is 4.99 Å². The number of aliphatic hydroxyl groups excluding tert-OH is 1. The molecule has 0 saturated heterocycles. The summed E-state index contributed by atoms with van der Waals surface area (Å²) in [4.78, 5) is 91.2. The zero-order valence-corrected chi connectivity index (χ0v) is 32.3. The normalized spacial score (nSPS) is 13.7. The Morgan fingerprint density at radius 1 is 0.642 bits per heavy atom. The van der Waals surface area contributed by atoms with E-state index in [1.165, 1.54) is 78.6 Å². The van der Waals surface area contributed by atoms with Crippen molar-refractivity contribution >= 4 is 47.2 Å². The number of nitrogens with one attached hydrogen (secondary N) is 5. The number of ketones is 1. The molecule has 0 aliphatic carbocycles. The number of hydrogen-bond acceptors (Lipinski definition) is 9. The van der Waals surface area contributed by atoms with Crippen molar-refractivity contribution in [2.45, 2.75) is 167 Å². The second-order valence-corrected chi connectivity index (χ2v) is 13.7. The number of unbranched alkanes of at least 4 members (excludes halogenated alkanes) is 12. The van der Waals surface area contributed by atoms with E-state index < -0.39 is 84.5 Å². The molecule has 0 spiro atoms. The van der Waals surface area contributed by atoms with Crippen LogP contribution in [0.5, 0.6) is 0 Å². The van der Waals surface area contributed by atoms with Crippen LogP contribution in [0.1, 0.15) is 137 Å². The van der Waals surface area contributed by atoms with Gasteiger partial charge in [0.1, 0.15) is 30.0 Å². The number of aliphatic hydroxyl groups is 1. The van der Waals surface area contributed by atoms with Gasteiger partial charge in [-0.3, -0.25) is 38.6 Å². The van der Waals surface area contributed by atoms with Crippen molar-refractivity contribution in [1.29, 1.82) is 0 Å². The summed E-state index contributed by atoms with van der Waals surface area (Å²) >= 11 is 0. The maximum absolute atomic E-state index is 13.1. The maximum Gasteiger partial charge on any atom is 0.245 e. The van der Waals surface area contributed by atoms with Crippen LogP contribution in [-0.2, 0) is 33.6 Å². The first kappa shape index (κ1) is 48.7. The Morgan fingerprint density at radius 3 is 1.68 bits per heavy atom. The molecular formula is C36H67N9O8. The van der Waals surface area contributed by atoms with Crippen LogP contribution < -0.4 is 43.8 Å². The number of rotatable bonds is 31. The van der Waals surface area contributed by atoms with E-state index in [9.17, 15) is 38.7 Å². The highest BCUT2D eigenvalue weighted by Gasteiger charge is 2.31. The molecule has 0 aliphatic rings. The number of guanidine groups is 1. The van der Waals surface area contributed by atoms with Gasteiger partial charge in [-0.05, 0) is 40.0 Å². The standard InChI is InChI=1S/C36H67N9O8/c1-5-6-7-8-9-10-11-12-13-14-15-16-17-20-29(48)45-31(26(4)47)35(53)44-28(22-24(2)46)34(52)42-25(3)33(51)41-23-30(49)43-27(32(37)50)19-18-21-40-36(38)39/h25-28,31,47H,5-23H2,1-4H3,(H2,37,50)(H,41,51)(H,42,52)(H,43,49)(H,44,53)(H,45,48)(H4,38,39,40)/t25-,26+,27-,28+,31-/m0/s1. The number of nitrogens with zero attached hydrogens (tertiary/aromatic N) is 1. The molecule has 0 unspecified atom stereocenters. The van der Waals surface area contributed by atoms with E-state index in [0.29, 0.717) is 12.8 Å². The first-order valence-corrected chi connectivity index (χ1v) is 19.1. The molecule has 304 valence electrons. The smallest absolute Gasteiger partial charge is 0.245 e. The minimum Gasteiger partial charge on any atom is -0.391 e. The van der Waals surface area contributed by atoms with Crippen LogP contribution >= 0.6 is 0 Å². The molecule has 0 radical (unpaired) electrons. The third kappa shape index (κ3) is 25.4. The average molecular weight is 754 g/mol. The molecule has 0 heterocycles. The van der Waals surface area contributed by atoms with Crippen LogP contribution in [0.3, 0.4) is 0 Å². The van der Waals surface area contributed by atoms with Crippen LogP contribution in [0.25, 0.3) is 0 Å². The van der Waals surface area contributed by atoms with Crippen molar-refractivity contribution in [3.05, 3.63) is 0 Å². The minimum absolute atomic E-state index is 0.119. The van der Waals surface area contributed by atoms with E-state index in [0.717, 1.165) is 19.3 Å². The highest BCUT2D eigenvalue weighted by Crippen LogP contribution is 2.13. The first-order chi connectivity index (χ1) is 25.1. The van der Waals surface area contributed by atoms with Gasteiger partial charge >= 0.3 is 0 Å². The molecule has 0 rings (SSSR count). The van der Waals surface area contributed by atoms with Gasteiger partial charge < -0.3 is 48.9 Å². The summed E-state index contributed by atoms with van der Waals surface area (Å²) in [5.74, 6) is -5.02. The lowest BCUT2D eigenvalue weighted by Gasteiger charge is -2.25. The fraction of sp³-hybridized carbons (Fsp3) is 0.778. The van der Waals surface area contributed by atoms with Crippen molar-refractivity contribution in [3.63, 3.8) is 0 Å². The van der Waals surface area contributed by atoms with Gasteiger partial charge in [-0.15, -0.1) is 0 Å². The summed E-state index contributed by atoms with van der Waals surface area (Å²) < 4.78 is 0. The van der Waals surface area contributed by atoms with Gasteiger partial charge in [0.15, 0.2) is 5.96 Å². The number of primary amides is 1. The average Bonchev–Trinajstić information content (AvgIpc) is 3.08. The third-order valence-electron chi connectivity index (χ3n) is 8.51. The molecule has 5 atom stereocenters. The monoisotopic (exact) mass is 754 g/mol. The number of carbonyl (C=O) groups excluding carboxylic acids is 7. The van der Waals surface area contributed by atoms with E-state index in [1.807, 2.05) is 0 Å². The van der Waals surface area contributed by atoms with E-state index in [-0.39, 0.29) is 25.3 Å². The van der Waals surface area contributed by atoms with Gasteiger partial charge in [0.05, 0.1) is 12.6 Å². The van der Waals surface area contributed by atoms with Gasteiger partial charge in [0.25, 0.3) is 0 Å². The van der Waals surface area contributed by atoms with Crippen LogP contribution in [-0.4, -0.2) is 95.7 Å². The molecule has 0 aliphatic heterocycles. The van der Waals surface area contributed by atoms with Crippen molar-refractivity contribution in [2.75, 3.05) is 13.1 Å². The van der Waals surface area contributed by atoms with Gasteiger partial charge in [0, 0.05) is 19.4 Å². The fourth-order valence-corrected chi connectivity index (χ4v) is 5.45. The van der Waals surface area contributed by atoms with Crippen molar-refractivity contribution in [3.8, 4) is 0 Å². The van der Waals surface area contributed by atoms with E-state index in [2.05, 4.69) is 38.5 Å². The molecule has 17 nitrogen and oxygen atoms in total.